The third-order valence-electron chi connectivity index (χ3n) is 5.25. The van der Waals surface area contributed by atoms with Crippen LogP contribution < -0.4 is 4.74 Å². The number of hydrogen-bond donors (Lipinski definition) is 1. The summed E-state index contributed by atoms with van der Waals surface area (Å²) in [5.41, 5.74) is 2.15. The number of hydrogen-bond acceptors (Lipinski definition) is 6. The highest BCUT2D eigenvalue weighted by atomic mass is 32.2. The van der Waals surface area contributed by atoms with Crippen molar-refractivity contribution in [3.8, 4) is 22.9 Å². The van der Waals surface area contributed by atoms with Gasteiger partial charge in [0, 0.05) is 33.7 Å². The Morgan fingerprint density at radius 2 is 1.58 bits per heavy atom. The highest BCUT2D eigenvalue weighted by molar-refractivity contribution is 7.91. The first-order chi connectivity index (χ1) is 14.9. The summed E-state index contributed by atoms with van der Waals surface area (Å²) in [4.78, 5) is 8.91. The zero-order chi connectivity index (χ0) is 21.8. The summed E-state index contributed by atoms with van der Waals surface area (Å²) in [5, 5.41) is 12.3. The lowest BCUT2D eigenvalue weighted by Crippen LogP contribution is -2.06. The SMILES string of the molecule is COc1cccc(-c2cccc3c2S(=O)(=O)N=C3c2nc(C)c3ccccc3c2O)n1. The number of pyridine rings is 2. The summed E-state index contributed by atoms with van der Waals surface area (Å²) in [7, 11) is -2.53. The lowest BCUT2D eigenvalue weighted by molar-refractivity contribution is 0.398. The molecule has 0 saturated carbocycles. The predicted octanol–water partition coefficient (Wildman–Crippen LogP) is 3.86. The topological polar surface area (TPSA) is 102 Å². The van der Waals surface area contributed by atoms with Crippen molar-refractivity contribution in [1.29, 1.82) is 0 Å². The fourth-order valence-corrected chi connectivity index (χ4v) is 5.26. The Hall–Kier alpha value is -3.78. The number of sulfonamides is 1. The Morgan fingerprint density at radius 1 is 0.871 bits per heavy atom. The van der Waals surface area contributed by atoms with Crippen LogP contribution in [0, 0.1) is 6.92 Å². The molecule has 2 aromatic carbocycles. The van der Waals surface area contributed by atoms with Gasteiger partial charge in [-0.1, -0.05) is 48.5 Å². The van der Waals surface area contributed by atoms with E-state index in [-0.39, 0.29) is 22.1 Å². The van der Waals surface area contributed by atoms with Crippen molar-refractivity contribution in [2.45, 2.75) is 11.8 Å². The Kier molecular flexibility index (Phi) is 4.26. The fourth-order valence-electron chi connectivity index (χ4n) is 3.85. The minimum atomic E-state index is -4.03. The third-order valence-corrected chi connectivity index (χ3v) is 6.63. The molecule has 1 N–H and O–H groups in total. The number of benzene rings is 2. The molecule has 0 saturated heterocycles. The van der Waals surface area contributed by atoms with Crippen LogP contribution in [0.2, 0.25) is 0 Å². The summed E-state index contributed by atoms with van der Waals surface area (Å²) < 4.78 is 35.4. The van der Waals surface area contributed by atoms with Crippen molar-refractivity contribution >= 4 is 26.5 Å². The Labute approximate surface area is 178 Å². The number of ether oxygens (including phenoxy) is 1. The molecule has 3 heterocycles. The average Bonchev–Trinajstić information content (AvgIpc) is 3.07. The quantitative estimate of drug-likeness (QED) is 0.529. The van der Waals surface area contributed by atoms with Crippen molar-refractivity contribution in [3.05, 3.63) is 77.6 Å². The van der Waals surface area contributed by atoms with Gasteiger partial charge in [-0.2, -0.15) is 12.8 Å². The van der Waals surface area contributed by atoms with Gasteiger partial charge < -0.3 is 9.84 Å². The minimum Gasteiger partial charge on any atom is -0.505 e. The molecule has 0 fully saturated rings. The molecule has 0 radical (unpaired) electrons. The standard InChI is InChI=1S/C23H17N3O4S/c1-13-14-7-3-4-8-15(14)22(27)21(24-13)20-17-10-5-9-16(23(17)31(28,29)26-20)18-11-6-12-19(25-18)30-2/h3-12,27H,1-2H3. The molecule has 0 amide bonds. The van der Waals surface area contributed by atoms with Crippen molar-refractivity contribution in [2.75, 3.05) is 7.11 Å². The van der Waals surface area contributed by atoms with Crippen LogP contribution >= 0.6 is 0 Å². The fraction of sp³-hybridized carbons (Fsp3) is 0.0870. The van der Waals surface area contributed by atoms with Crippen molar-refractivity contribution in [2.24, 2.45) is 4.40 Å². The molecule has 0 spiro atoms. The lowest BCUT2D eigenvalue weighted by Gasteiger charge is -2.11. The number of aryl methyl sites for hydroxylation is 1. The number of nitrogens with zero attached hydrogens (tertiary/aromatic N) is 3. The highest BCUT2D eigenvalue weighted by Gasteiger charge is 2.35. The second kappa shape index (κ2) is 6.88. The van der Waals surface area contributed by atoms with Crippen molar-refractivity contribution < 1.29 is 18.3 Å². The Balaban J connectivity index is 1.77. The lowest BCUT2D eigenvalue weighted by atomic mass is 9.99. The van der Waals surface area contributed by atoms with Crippen LogP contribution in [0.1, 0.15) is 17.0 Å². The van der Waals surface area contributed by atoms with Crippen LogP contribution in [0.15, 0.2) is 70.0 Å². The summed E-state index contributed by atoms with van der Waals surface area (Å²) in [6.07, 6.45) is 0. The summed E-state index contributed by atoms with van der Waals surface area (Å²) in [6.45, 7) is 1.81. The van der Waals surface area contributed by atoms with Crippen molar-refractivity contribution in [3.63, 3.8) is 0 Å². The molecule has 31 heavy (non-hydrogen) atoms. The zero-order valence-corrected chi connectivity index (χ0v) is 17.5. The van der Waals surface area contributed by atoms with Crippen LogP contribution in [0.25, 0.3) is 22.0 Å². The highest BCUT2D eigenvalue weighted by Crippen LogP contribution is 2.39. The summed E-state index contributed by atoms with van der Waals surface area (Å²) in [5.74, 6) is 0.268. The van der Waals surface area contributed by atoms with E-state index in [4.69, 9.17) is 4.74 Å². The molecule has 1 aliphatic heterocycles. The second-order valence-electron chi connectivity index (χ2n) is 7.10. The van der Waals surface area contributed by atoms with E-state index in [1.54, 1.807) is 48.5 Å². The number of methoxy groups -OCH3 is 1. The maximum Gasteiger partial charge on any atom is 0.284 e. The number of fused-ring (bicyclic) bond motifs is 2. The molecule has 8 heteroatoms. The third kappa shape index (κ3) is 2.95. The summed E-state index contributed by atoms with van der Waals surface area (Å²) >= 11 is 0. The minimum absolute atomic E-state index is 0.0396. The van der Waals surface area contributed by atoms with Gasteiger partial charge in [-0.3, -0.25) is 0 Å². The van der Waals surface area contributed by atoms with E-state index in [0.717, 1.165) is 5.39 Å². The number of aromatic nitrogens is 2. The normalized spacial score (nSPS) is 14.3. The van der Waals surface area contributed by atoms with Crippen LogP contribution in [0.5, 0.6) is 11.6 Å². The van der Waals surface area contributed by atoms with Gasteiger partial charge in [0.1, 0.15) is 16.3 Å². The molecule has 0 atom stereocenters. The zero-order valence-electron chi connectivity index (χ0n) is 16.7. The molecule has 5 rings (SSSR count). The monoisotopic (exact) mass is 431 g/mol. The van der Waals surface area contributed by atoms with Gasteiger partial charge in [0.2, 0.25) is 5.88 Å². The van der Waals surface area contributed by atoms with E-state index in [2.05, 4.69) is 14.4 Å². The Bertz CT molecular complexity index is 1510. The van der Waals surface area contributed by atoms with Crippen LogP contribution in [-0.2, 0) is 10.0 Å². The van der Waals surface area contributed by atoms with E-state index in [1.165, 1.54) is 7.11 Å². The van der Waals surface area contributed by atoms with Gasteiger partial charge in [-0.05, 0) is 13.0 Å². The number of rotatable bonds is 3. The maximum absolute atomic E-state index is 13.1. The molecule has 0 aliphatic carbocycles. The average molecular weight is 431 g/mol. The van der Waals surface area contributed by atoms with Crippen LogP contribution in [0.4, 0.5) is 0 Å². The smallest absolute Gasteiger partial charge is 0.284 e. The molecule has 2 aromatic heterocycles. The van der Waals surface area contributed by atoms with Crippen LogP contribution in [0.3, 0.4) is 0 Å². The molecule has 4 aromatic rings. The first-order valence-electron chi connectivity index (χ1n) is 9.49. The van der Waals surface area contributed by atoms with E-state index >= 15 is 0 Å². The molecule has 0 bridgehead atoms. The van der Waals surface area contributed by atoms with Gasteiger partial charge in [0.25, 0.3) is 10.0 Å². The summed E-state index contributed by atoms with van der Waals surface area (Å²) in [6, 6.07) is 17.5. The van der Waals surface area contributed by atoms with Gasteiger partial charge in [0.05, 0.1) is 12.8 Å². The van der Waals surface area contributed by atoms with Gasteiger partial charge >= 0.3 is 0 Å². The van der Waals surface area contributed by atoms with Crippen LogP contribution in [-0.4, -0.2) is 36.3 Å². The van der Waals surface area contributed by atoms with E-state index < -0.39 is 10.0 Å². The second-order valence-corrected chi connectivity index (χ2v) is 8.64. The first-order valence-corrected chi connectivity index (χ1v) is 10.9. The maximum atomic E-state index is 13.1. The van der Waals surface area contributed by atoms with E-state index in [0.29, 0.717) is 33.8 Å². The molecular weight excluding hydrogens is 414 g/mol. The molecule has 154 valence electrons. The largest absolute Gasteiger partial charge is 0.505 e. The van der Waals surface area contributed by atoms with Gasteiger partial charge in [-0.25, -0.2) is 9.97 Å². The first kappa shape index (κ1) is 19.2. The number of aromatic hydroxyl groups is 1. The molecule has 1 aliphatic rings. The van der Waals surface area contributed by atoms with Crippen molar-refractivity contribution in [1.82, 2.24) is 9.97 Å². The van der Waals surface area contributed by atoms with E-state index in [1.807, 2.05) is 19.1 Å². The predicted molar refractivity (Wildman–Crippen MR) is 117 cm³/mol. The Morgan fingerprint density at radius 3 is 2.35 bits per heavy atom. The molecule has 7 nitrogen and oxygen atoms in total. The van der Waals surface area contributed by atoms with Gasteiger partial charge in [0.15, 0.2) is 5.75 Å². The molecular formula is C23H17N3O4S. The van der Waals surface area contributed by atoms with Gasteiger partial charge in [-0.15, -0.1) is 0 Å². The van der Waals surface area contributed by atoms with E-state index in [9.17, 15) is 13.5 Å². The molecule has 0 unspecified atom stereocenters.